The lowest BCUT2D eigenvalue weighted by atomic mass is 10.0. The predicted molar refractivity (Wildman–Crippen MR) is 74.3 cm³/mol. The smallest absolute Gasteiger partial charge is 0.194 e. The van der Waals surface area contributed by atoms with Crippen LogP contribution in [0.4, 0.5) is 18.9 Å². The molecule has 2 aromatic carbocycles. The standard InChI is InChI=1S/C16H16F3N/c1-9-4-10(2)16(11(3)5-9)20-8-12-6-13(17)15(19)14(18)7-12/h4-7,20H,8H2,1-3H3. The first-order valence-corrected chi connectivity index (χ1v) is 6.33. The van der Waals surface area contributed by atoms with E-state index in [2.05, 4.69) is 5.32 Å². The first-order valence-electron chi connectivity index (χ1n) is 6.33. The molecule has 4 heteroatoms. The van der Waals surface area contributed by atoms with E-state index in [1.807, 2.05) is 32.9 Å². The van der Waals surface area contributed by atoms with Crippen molar-refractivity contribution >= 4 is 5.69 Å². The Morgan fingerprint density at radius 1 is 0.850 bits per heavy atom. The molecular weight excluding hydrogens is 263 g/mol. The predicted octanol–water partition coefficient (Wildman–Crippen LogP) is 4.64. The van der Waals surface area contributed by atoms with Crippen molar-refractivity contribution in [1.82, 2.24) is 0 Å². The molecule has 1 N–H and O–H groups in total. The second-order valence-electron chi connectivity index (χ2n) is 5.00. The highest BCUT2D eigenvalue weighted by atomic mass is 19.2. The largest absolute Gasteiger partial charge is 0.381 e. The van der Waals surface area contributed by atoms with Crippen LogP contribution in [0.25, 0.3) is 0 Å². The minimum absolute atomic E-state index is 0.235. The fourth-order valence-electron chi connectivity index (χ4n) is 2.36. The molecule has 1 nitrogen and oxygen atoms in total. The van der Waals surface area contributed by atoms with Gasteiger partial charge >= 0.3 is 0 Å². The summed E-state index contributed by atoms with van der Waals surface area (Å²) in [5.74, 6) is -3.77. The normalized spacial score (nSPS) is 10.7. The van der Waals surface area contributed by atoms with Gasteiger partial charge in [-0.1, -0.05) is 17.7 Å². The molecule has 0 aromatic heterocycles. The van der Waals surface area contributed by atoms with Crippen molar-refractivity contribution in [3.8, 4) is 0 Å². The SMILES string of the molecule is Cc1cc(C)c(NCc2cc(F)c(F)c(F)c2)c(C)c1. The van der Waals surface area contributed by atoms with Crippen LogP contribution in [-0.4, -0.2) is 0 Å². The molecule has 0 atom stereocenters. The van der Waals surface area contributed by atoms with E-state index in [-0.39, 0.29) is 6.54 Å². The topological polar surface area (TPSA) is 12.0 Å². The minimum Gasteiger partial charge on any atom is -0.381 e. The molecule has 2 aromatic rings. The Labute approximate surface area is 116 Å². The molecule has 0 aliphatic carbocycles. The van der Waals surface area contributed by atoms with E-state index in [0.717, 1.165) is 34.5 Å². The molecule has 0 unspecified atom stereocenters. The first-order chi connectivity index (χ1) is 9.38. The summed E-state index contributed by atoms with van der Waals surface area (Å²) < 4.78 is 39.1. The fourth-order valence-corrected chi connectivity index (χ4v) is 2.36. The summed E-state index contributed by atoms with van der Waals surface area (Å²) in [5.41, 5.74) is 4.57. The Hall–Kier alpha value is -1.97. The average Bonchev–Trinajstić information content (AvgIpc) is 2.34. The summed E-state index contributed by atoms with van der Waals surface area (Å²) in [6.07, 6.45) is 0. The maximum Gasteiger partial charge on any atom is 0.194 e. The van der Waals surface area contributed by atoms with E-state index in [1.54, 1.807) is 0 Å². The zero-order valence-electron chi connectivity index (χ0n) is 11.7. The molecule has 106 valence electrons. The van der Waals surface area contributed by atoms with E-state index in [0.29, 0.717) is 5.56 Å². The molecule has 2 rings (SSSR count). The zero-order chi connectivity index (χ0) is 14.9. The van der Waals surface area contributed by atoms with Gasteiger partial charge in [0.1, 0.15) is 0 Å². The Balaban J connectivity index is 2.21. The monoisotopic (exact) mass is 279 g/mol. The molecule has 0 aliphatic rings. The summed E-state index contributed by atoms with van der Waals surface area (Å²) in [5, 5.41) is 3.14. The molecule has 0 bridgehead atoms. The summed E-state index contributed by atoms with van der Waals surface area (Å²) in [7, 11) is 0. The van der Waals surface area contributed by atoms with Gasteiger partial charge in [-0.3, -0.25) is 0 Å². The quantitative estimate of drug-likeness (QED) is 0.807. The fraction of sp³-hybridized carbons (Fsp3) is 0.250. The van der Waals surface area contributed by atoms with Crippen LogP contribution in [0.3, 0.4) is 0 Å². The number of aryl methyl sites for hydroxylation is 3. The van der Waals surface area contributed by atoms with Crippen molar-refractivity contribution < 1.29 is 13.2 Å². The summed E-state index contributed by atoms with van der Waals surface area (Å²) >= 11 is 0. The van der Waals surface area contributed by atoms with Gasteiger partial charge in [0.15, 0.2) is 17.5 Å². The van der Waals surface area contributed by atoms with Crippen molar-refractivity contribution in [2.45, 2.75) is 27.3 Å². The van der Waals surface area contributed by atoms with E-state index in [9.17, 15) is 13.2 Å². The molecule has 0 fully saturated rings. The van der Waals surface area contributed by atoms with Gasteiger partial charge in [-0.15, -0.1) is 0 Å². The van der Waals surface area contributed by atoms with Gasteiger partial charge in [-0.25, -0.2) is 13.2 Å². The van der Waals surface area contributed by atoms with Crippen molar-refractivity contribution in [3.05, 3.63) is 64.0 Å². The Morgan fingerprint density at radius 2 is 1.35 bits per heavy atom. The van der Waals surface area contributed by atoms with Crippen LogP contribution in [0.2, 0.25) is 0 Å². The maximum absolute atomic E-state index is 13.1. The van der Waals surface area contributed by atoms with Gasteiger partial charge < -0.3 is 5.32 Å². The van der Waals surface area contributed by atoms with Crippen LogP contribution in [0.15, 0.2) is 24.3 Å². The highest BCUT2D eigenvalue weighted by molar-refractivity contribution is 5.58. The number of benzene rings is 2. The zero-order valence-corrected chi connectivity index (χ0v) is 11.7. The molecule has 0 saturated carbocycles. The maximum atomic E-state index is 13.1. The third-order valence-electron chi connectivity index (χ3n) is 3.19. The Kier molecular flexibility index (Phi) is 4.02. The second-order valence-corrected chi connectivity index (χ2v) is 5.00. The van der Waals surface area contributed by atoms with Gasteiger partial charge in [-0.2, -0.15) is 0 Å². The second kappa shape index (κ2) is 5.57. The van der Waals surface area contributed by atoms with Crippen LogP contribution >= 0.6 is 0 Å². The number of nitrogens with one attached hydrogen (secondary N) is 1. The molecule has 0 aliphatic heterocycles. The third kappa shape index (κ3) is 2.95. The lowest BCUT2D eigenvalue weighted by Crippen LogP contribution is -2.05. The van der Waals surface area contributed by atoms with Gasteiger partial charge in [-0.05, 0) is 49.6 Å². The lowest BCUT2D eigenvalue weighted by molar-refractivity contribution is 0.445. The number of hydrogen-bond donors (Lipinski definition) is 1. The molecule has 0 radical (unpaired) electrons. The van der Waals surface area contributed by atoms with E-state index in [1.165, 1.54) is 0 Å². The Bertz CT molecular complexity index is 604. The molecule has 0 saturated heterocycles. The van der Waals surface area contributed by atoms with Gasteiger partial charge in [0.05, 0.1) is 0 Å². The van der Waals surface area contributed by atoms with Crippen molar-refractivity contribution in [1.29, 1.82) is 0 Å². The van der Waals surface area contributed by atoms with Crippen LogP contribution in [0.1, 0.15) is 22.3 Å². The average molecular weight is 279 g/mol. The summed E-state index contributed by atoms with van der Waals surface area (Å²) in [6.45, 7) is 6.18. The van der Waals surface area contributed by atoms with E-state index < -0.39 is 17.5 Å². The Morgan fingerprint density at radius 3 is 1.85 bits per heavy atom. The van der Waals surface area contributed by atoms with E-state index >= 15 is 0 Å². The van der Waals surface area contributed by atoms with Crippen LogP contribution in [0.5, 0.6) is 0 Å². The number of hydrogen-bond acceptors (Lipinski definition) is 1. The van der Waals surface area contributed by atoms with Crippen molar-refractivity contribution in [2.24, 2.45) is 0 Å². The minimum atomic E-state index is -1.43. The first kappa shape index (κ1) is 14.4. The highest BCUT2D eigenvalue weighted by Gasteiger charge is 2.11. The van der Waals surface area contributed by atoms with Crippen molar-refractivity contribution in [2.75, 3.05) is 5.32 Å². The molecule has 0 spiro atoms. The highest BCUT2D eigenvalue weighted by Crippen LogP contribution is 2.23. The van der Waals surface area contributed by atoms with Crippen molar-refractivity contribution in [3.63, 3.8) is 0 Å². The lowest BCUT2D eigenvalue weighted by Gasteiger charge is -2.14. The number of halogens is 3. The summed E-state index contributed by atoms with van der Waals surface area (Å²) in [6, 6.07) is 6.07. The molecule has 0 heterocycles. The van der Waals surface area contributed by atoms with Gasteiger partial charge in [0, 0.05) is 12.2 Å². The van der Waals surface area contributed by atoms with Crippen LogP contribution < -0.4 is 5.32 Å². The van der Waals surface area contributed by atoms with Gasteiger partial charge in [0.2, 0.25) is 0 Å². The molecule has 20 heavy (non-hydrogen) atoms. The van der Waals surface area contributed by atoms with E-state index in [4.69, 9.17) is 0 Å². The van der Waals surface area contributed by atoms with Crippen LogP contribution in [0, 0.1) is 38.2 Å². The number of anilines is 1. The number of rotatable bonds is 3. The summed E-state index contributed by atoms with van der Waals surface area (Å²) in [4.78, 5) is 0. The molecule has 0 amide bonds. The molecular formula is C16H16F3N. The van der Waals surface area contributed by atoms with Gasteiger partial charge in [0.25, 0.3) is 0 Å². The third-order valence-corrected chi connectivity index (χ3v) is 3.19. The van der Waals surface area contributed by atoms with Crippen LogP contribution in [-0.2, 0) is 6.54 Å².